The molecule has 118 valence electrons. The zero-order valence-electron chi connectivity index (χ0n) is 13.9. The zero-order valence-corrected chi connectivity index (χ0v) is 13.9. The summed E-state index contributed by atoms with van der Waals surface area (Å²) in [7, 11) is 0. The maximum absolute atomic E-state index is 5.61. The van der Waals surface area contributed by atoms with Crippen LogP contribution in [-0.4, -0.2) is 26.4 Å². The van der Waals surface area contributed by atoms with Gasteiger partial charge in [0.2, 0.25) is 0 Å². The summed E-state index contributed by atoms with van der Waals surface area (Å²) in [6.07, 6.45) is 1.84. The molecule has 5 heteroatoms. The summed E-state index contributed by atoms with van der Waals surface area (Å²) < 4.78 is 7.62. The number of benzene rings is 1. The van der Waals surface area contributed by atoms with Crippen LogP contribution in [-0.2, 0) is 0 Å². The summed E-state index contributed by atoms with van der Waals surface area (Å²) in [5, 5.41) is 8.58. The Morgan fingerprint density at radius 3 is 2.52 bits per heavy atom. The maximum Gasteiger partial charge on any atom is 0.168 e. The molecule has 0 unspecified atom stereocenters. The summed E-state index contributed by atoms with van der Waals surface area (Å²) in [6.45, 7) is 8.59. The minimum atomic E-state index is 0.657. The van der Waals surface area contributed by atoms with Crippen LogP contribution in [0.3, 0.4) is 0 Å². The highest BCUT2D eigenvalue weighted by molar-refractivity contribution is 5.61. The number of nitrogens with zero attached hydrogens (tertiary/aromatic N) is 4. The number of pyridine rings is 1. The number of aromatic nitrogens is 4. The Balaban J connectivity index is 2.08. The number of hydrogen-bond acceptors (Lipinski definition) is 4. The van der Waals surface area contributed by atoms with Crippen LogP contribution in [0.25, 0.3) is 17.1 Å². The molecule has 0 atom stereocenters. The molecule has 0 spiro atoms. The molecule has 0 saturated carbocycles. The molecule has 5 nitrogen and oxygen atoms in total. The Morgan fingerprint density at radius 2 is 1.87 bits per heavy atom. The standard InChI is InChI=1S/C18H20N4O/c1-5-23-17-9-7-15(10-12(17)2)18-21-20-14(4)22(18)16-8-6-13(3)19-11-16/h6-11H,5H2,1-4H3. The quantitative estimate of drug-likeness (QED) is 0.738. The molecule has 0 saturated heterocycles. The molecule has 23 heavy (non-hydrogen) atoms. The average Bonchev–Trinajstić information content (AvgIpc) is 2.92. The van der Waals surface area contributed by atoms with Gasteiger partial charge in [-0.15, -0.1) is 10.2 Å². The molecule has 0 N–H and O–H groups in total. The topological polar surface area (TPSA) is 52.8 Å². The predicted molar refractivity (Wildman–Crippen MR) is 90.0 cm³/mol. The van der Waals surface area contributed by atoms with Gasteiger partial charge in [-0.1, -0.05) is 0 Å². The average molecular weight is 308 g/mol. The highest BCUT2D eigenvalue weighted by atomic mass is 16.5. The van der Waals surface area contributed by atoms with Crippen LogP contribution in [0, 0.1) is 20.8 Å². The van der Waals surface area contributed by atoms with Crippen LogP contribution in [0.1, 0.15) is 24.0 Å². The fourth-order valence-electron chi connectivity index (χ4n) is 2.56. The first-order valence-corrected chi connectivity index (χ1v) is 7.69. The summed E-state index contributed by atoms with van der Waals surface area (Å²) in [4.78, 5) is 4.37. The van der Waals surface area contributed by atoms with E-state index in [9.17, 15) is 0 Å². The minimum Gasteiger partial charge on any atom is -0.494 e. The normalized spacial score (nSPS) is 10.8. The maximum atomic E-state index is 5.61. The van der Waals surface area contributed by atoms with Crippen molar-refractivity contribution in [1.29, 1.82) is 0 Å². The Bertz CT molecular complexity index is 822. The molecule has 0 aliphatic rings. The van der Waals surface area contributed by atoms with Crippen molar-refractivity contribution >= 4 is 0 Å². The number of rotatable bonds is 4. The Hall–Kier alpha value is -2.69. The zero-order chi connectivity index (χ0) is 16.4. The molecular weight excluding hydrogens is 288 g/mol. The van der Waals surface area contributed by atoms with E-state index in [1.54, 1.807) is 0 Å². The van der Waals surface area contributed by atoms with E-state index in [-0.39, 0.29) is 0 Å². The fourth-order valence-corrected chi connectivity index (χ4v) is 2.56. The number of aryl methyl sites for hydroxylation is 3. The second-order valence-corrected chi connectivity index (χ2v) is 5.48. The molecule has 0 fully saturated rings. The lowest BCUT2D eigenvalue weighted by Gasteiger charge is -2.11. The highest BCUT2D eigenvalue weighted by Gasteiger charge is 2.14. The van der Waals surface area contributed by atoms with Gasteiger partial charge in [-0.05, 0) is 63.6 Å². The highest BCUT2D eigenvalue weighted by Crippen LogP contribution is 2.27. The van der Waals surface area contributed by atoms with Crippen LogP contribution in [0.2, 0.25) is 0 Å². The van der Waals surface area contributed by atoms with E-state index in [1.165, 1.54) is 0 Å². The molecule has 3 rings (SSSR count). The number of ether oxygens (including phenoxy) is 1. The van der Waals surface area contributed by atoms with Crippen LogP contribution in [0.5, 0.6) is 5.75 Å². The monoisotopic (exact) mass is 308 g/mol. The fraction of sp³-hybridized carbons (Fsp3) is 0.278. The van der Waals surface area contributed by atoms with Gasteiger partial charge in [-0.3, -0.25) is 9.55 Å². The summed E-state index contributed by atoms with van der Waals surface area (Å²) in [5.74, 6) is 2.53. The lowest BCUT2D eigenvalue weighted by molar-refractivity contribution is 0.338. The Kier molecular flexibility index (Phi) is 4.10. The summed E-state index contributed by atoms with van der Waals surface area (Å²) >= 11 is 0. The minimum absolute atomic E-state index is 0.657. The van der Waals surface area contributed by atoms with Crippen molar-refractivity contribution in [3.05, 3.63) is 53.6 Å². The van der Waals surface area contributed by atoms with Crippen molar-refractivity contribution < 1.29 is 4.74 Å². The van der Waals surface area contributed by atoms with Crippen LogP contribution in [0.4, 0.5) is 0 Å². The van der Waals surface area contributed by atoms with E-state index in [1.807, 2.05) is 62.7 Å². The van der Waals surface area contributed by atoms with Gasteiger partial charge in [0.25, 0.3) is 0 Å². The van der Waals surface area contributed by atoms with Gasteiger partial charge in [0, 0.05) is 11.3 Å². The van der Waals surface area contributed by atoms with Gasteiger partial charge in [-0.25, -0.2) is 0 Å². The van der Waals surface area contributed by atoms with E-state index < -0.39 is 0 Å². The summed E-state index contributed by atoms with van der Waals surface area (Å²) in [5.41, 5.74) is 4.03. The van der Waals surface area contributed by atoms with Gasteiger partial charge < -0.3 is 4.74 Å². The van der Waals surface area contributed by atoms with E-state index in [0.717, 1.165) is 39.9 Å². The van der Waals surface area contributed by atoms with Gasteiger partial charge in [0.15, 0.2) is 5.82 Å². The third-order valence-corrected chi connectivity index (χ3v) is 3.71. The van der Waals surface area contributed by atoms with Gasteiger partial charge in [0.05, 0.1) is 18.5 Å². The first-order chi connectivity index (χ1) is 11.1. The van der Waals surface area contributed by atoms with E-state index in [2.05, 4.69) is 21.2 Å². The molecule has 2 aromatic heterocycles. The smallest absolute Gasteiger partial charge is 0.168 e. The van der Waals surface area contributed by atoms with E-state index >= 15 is 0 Å². The molecule has 0 aliphatic carbocycles. The third kappa shape index (κ3) is 2.95. The van der Waals surface area contributed by atoms with Crippen molar-refractivity contribution in [2.24, 2.45) is 0 Å². The molecule has 0 radical (unpaired) electrons. The van der Waals surface area contributed by atoms with Gasteiger partial charge in [0.1, 0.15) is 11.6 Å². The first-order valence-electron chi connectivity index (χ1n) is 7.69. The lowest BCUT2D eigenvalue weighted by atomic mass is 10.1. The second kappa shape index (κ2) is 6.20. The van der Waals surface area contributed by atoms with Crippen molar-refractivity contribution in [3.63, 3.8) is 0 Å². The molecule has 0 bridgehead atoms. The van der Waals surface area contributed by atoms with Crippen LogP contribution < -0.4 is 4.74 Å². The van der Waals surface area contributed by atoms with Crippen LogP contribution in [0.15, 0.2) is 36.5 Å². The van der Waals surface area contributed by atoms with Gasteiger partial charge in [-0.2, -0.15) is 0 Å². The van der Waals surface area contributed by atoms with Crippen molar-refractivity contribution in [3.8, 4) is 22.8 Å². The lowest BCUT2D eigenvalue weighted by Crippen LogP contribution is -2.01. The van der Waals surface area contributed by atoms with Gasteiger partial charge >= 0.3 is 0 Å². The van der Waals surface area contributed by atoms with E-state index in [0.29, 0.717) is 6.61 Å². The Morgan fingerprint density at radius 1 is 1.04 bits per heavy atom. The molecule has 2 heterocycles. The van der Waals surface area contributed by atoms with Crippen molar-refractivity contribution in [1.82, 2.24) is 19.7 Å². The molecule has 0 amide bonds. The molecule has 1 aromatic carbocycles. The number of hydrogen-bond donors (Lipinski definition) is 0. The second-order valence-electron chi connectivity index (χ2n) is 5.48. The summed E-state index contributed by atoms with van der Waals surface area (Å²) in [6, 6.07) is 10.1. The van der Waals surface area contributed by atoms with Crippen molar-refractivity contribution in [2.45, 2.75) is 27.7 Å². The predicted octanol–water partition coefficient (Wildman–Crippen LogP) is 3.65. The van der Waals surface area contributed by atoms with Crippen LogP contribution >= 0.6 is 0 Å². The molecule has 3 aromatic rings. The SMILES string of the molecule is CCOc1ccc(-c2nnc(C)n2-c2ccc(C)nc2)cc1C. The Labute approximate surface area is 136 Å². The van der Waals surface area contributed by atoms with Crippen molar-refractivity contribution in [2.75, 3.05) is 6.61 Å². The molecule has 0 aliphatic heterocycles. The van der Waals surface area contributed by atoms with E-state index in [4.69, 9.17) is 4.74 Å². The first kappa shape index (κ1) is 15.2. The molecular formula is C18H20N4O. The third-order valence-electron chi connectivity index (χ3n) is 3.71. The largest absolute Gasteiger partial charge is 0.494 e.